The van der Waals surface area contributed by atoms with Gasteiger partial charge in [0.15, 0.2) is 0 Å². The SMILES string of the molecule is CSCCC(NC(=O)c1ccc(COCc2cccc3ccccc23)cc1-c1ccccc1C)C(=O)O.[H-].[Li+]. The number of fused-ring (bicyclic) bond motifs is 1. The first-order valence-corrected chi connectivity index (χ1v) is 13.6. The third kappa shape index (κ3) is 7.30. The molecule has 0 saturated carbocycles. The van der Waals surface area contributed by atoms with Gasteiger partial charge in [0.1, 0.15) is 6.04 Å². The molecule has 0 fully saturated rings. The number of thioether (sulfide) groups is 1. The topological polar surface area (TPSA) is 75.6 Å². The van der Waals surface area contributed by atoms with Crippen molar-refractivity contribution in [2.45, 2.75) is 32.6 Å². The quantitative estimate of drug-likeness (QED) is 0.295. The van der Waals surface area contributed by atoms with E-state index >= 15 is 0 Å². The van der Waals surface area contributed by atoms with Crippen molar-refractivity contribution in [3.05, 3.63) is 107 Å². The molecule has 0 aliphatic heterocycles. The molecule has 0 aromatic heterocycles. The molecule has 0 aliphatic carbocycles. The zero-order valence-corrected chi connectivity index (χ0v) is 22.9. The van der Waals surface area contributed by atoms with Crippen LogP contribution in [0, 0.1) is 6.92 Å². The predicted molar refractivity (Wildman–Crippen MR) is 152 cm³/mol. The van der Waals surface area contributed by atoms with E-state index in [4.69, 9.17) is 4.74 Å². The molecule has 0 saturated heterocycles. The van der Waals surface area contributed by atoms with Gasteiger partial charge in [0.05, 0.1) is 13.2 Å². The van der Waals surface area contributed by atoms with Gasteiger partial charge in [0, 0.05) is 5.56 Å². The molecular weight excluding hydrogens is 489 g/mol. The van der Waals surface area contributed by atoms with Crippen molar-refractivity contribution in [2.24, 2.45) is 0 Å². The van der Waals surface area contributed by atoms with E-state index in [-0.39, 0.29) is 20.3 Å². The molecule has 4 aromatic rings. The normalized spacial score (nSPS) is 11.5. The summed E-state index contributed by atoms with van der Waals surface area (Å²) in [5, 5.41) is 14.7. The monoisotopic (exact) mass is 521 g/mol. The summed E-state index contributed by atoms with van der Waals surface area (Å²) in [7, 11) is 0. The Balaban J connectivity index is 0.00000267. The molecule has 1 unspecified atom stereocenters. The van der Waals surface area contributed by atoms with Crippen LogP contribution in [-0.4, -0.2) is 35.0 Å². The summed E-state index contributed by atoms with van der Waals surface area (Å²) in [5.74, 6) is -0.775. The first-order valence-electron chi connectivity index (χ1n) is 12.2. The Morgan fingerprint density at radius 1 is 0.947 bits per heavy atom. The zero-order chi connectivity index (χ0) is 26.2. The van der Waals surface area contributed by atoms with Gasteiger partial charge in [-0.05, 0) is 76.1 Å². The fraction of sp³-hybridized carbons (Fsp3) is 0.226. The number of carbonyl (C=O) groups excluding carboxylic acids is 1. The largest absolute Gasteiger partial charge is 1.00 e. The van der Waals surface area contributed by atoms with Crippen LogP contribution in [0.15, 0.2) is 84.9 Å². The average molecular weight is 522 g/mol. The van der Waals surface area contributed by atoms with E-state index in [0.717, 1.165) is 27.8 Å². The number of ether oxygens (including phenoxy) is 1. The number of hydrogen-bond acceptors (Lipinski definition) is 4. The maximum atomic E-state index is 13.3. The number of aliphatic carboxylic acids is 1. The minimum atomic E-state index is -1.03. The molecule has 192 valence electrons. The minimum absolute atomic E-state index is 0. The Bertz CT molecular complexity index is 1410. The second kappa shape index (κ2) is 14.2. The molecule has 0 aliphatic rings. The Morgan fingerprint density at radius 3 is 2.45 bits per heavy atom. The fourth-order valence-corrected chi connectivity index (χ4v) is 4.87. The van der Waals surface area contributed by atoms with Crippen molar-refractivity contribution in [3.63, 3.8) is 0 Å². The van der Waals surface area contributed by atoms with E-state index in [1.807, 2.05) is 67.8 Å². The van der Waals surface area contributed by atoms with Crippen molar-refractivity contribution >= 4 is 34.4 Å². The first kappa shape index (κ1) is 29.5. The predicted octanol–water partition coefficient (Wildman–Crippen LogP) is 3.58. The van der Waals surface area contributed by atoms with Gasteiger partial charge in [-0.1, -0.05) is 72.8 Å². The number of hydrogen-bond donors (Lipinski definition) is 2. The van der Waals surface area contributed by atoms with Crippen LogP contribution in [0.25, 0.3) is 21.9 Å². The number of benzene rings is 4. The average Bonchev–Trinajstić information content (AvgIpc) is 2.91. The second-order valence-electron chi connectivity index (χ2n) is 8.97. The summed E-state index contributed by atoms with van der Waals surface area (Å²) in [6, 6.07) is 27.0. The number of amides is 1. The van der Waals surface area contributed by atoms with Gasteiger partial charge in [0.2, 0.25) is 0 Å². The zero-order valence-electron chi connectivity index (χ0n) is 23.1. The standard InChI is InChI=1S/C31H31NO4S.Li.H/c1-21-8-3-5-12-25(21)28-18-22(14-15-27(28)30(33)32-29(31(34)35)16-17-37-2)19-36-20-24-11-7-10-23-9-4-6-13-26(23)24;;/h3-15,18,29H,16-17,19-20H2,1-2H3,(H,32,33)(H,34,35);;/q;+1;-1. The molecule has 1 amide bonds. The van der Waals surface area contributed by atoms with Crippen LogP contribution >= 0.6 is 11.8 Å². The second-order valence-corrected chi connectivity index (χ2v) is 9.96. The molecule has 0 bridgehead atoms. The molecule has 1 atom stereocenters. The van der Waals surface area contributed by atoms with Crippen molar-refractivity contribution in [3.8, 4) is 11.1 Å². The summed E-state index contributed by atoms with van der Waals surface area (Å²) < 4.78 is 6.10. The number of carboxylic acids is 1. The molecule has 4 rings (SSSR count). The summed E-state index contributed by atoms with van der Waals surface area (Å²) >= 11 is 1.55. The Morgan fingerprint density at radius 2 is 1.68 bits per heavy atom. The Labute approximate surface area is 241 Å². The van der Waals surface area contributed by atoms with E-state index in [1.54, 1.807) is 17.8 Å². The molecule has 38 heavy (non-hydrogen) atoms. The van der Waals surface area contributed by atoms with E-state index in [9.17, 15) is 14.7 Å². The van der Waals surface area contributed by atoms with E-state index < -0.39 is 17.9 Å². The Hall–Kier alpha value is -3.01. The van der Waals surface area contributed by atoms with Gasteiger partial charge in [-0.15, -0.1) is 0 Å². The Kier molecular flexibility index (Phi) is 11.1. The van der Waals surface area contributed by atoms with Crippen molar-refractivity contribution < 1.29 is 39.7 Å². The maximum Gasteiger partial charge on any atom is 1.00 e. The van der Waals surface area contributed by atoms with Gasteiger partial charge >= 0.3 is 24.8 Å². The third-order valence-corrected chi connectivity index (χ3v) is 7.03. The smallest absolute Gasteiger partial charge is 1.00 e. The van der Waals surface area contributed by atoms with Crippen LogP contribution in [0.1, 0.15) is 34.9 Å². The minimum Gasteiger partial charge on any atom is -1.00 e. The summed E-state index contributed by atoms with van der Waals surface area (Å²) in [5.41, 5.74) is 5.23. The molecule has 0 radical (unpaired) electrons. The summed E-state index contributed by atoms with van der Waals surface area (Å²) in [6.45, 7) is 2.85. The van der Waals surface area contributed by atoms with Crippen molar-refractivity contribution in [1.82, 2.24) is 5.32 Å². The van der Waals surface area contributed by atoms with E-state index in [2.05, 4.69) is 29.6 Å². The molecule has 0 heterocycles. The summed E-state index contributed by atoms with van der Waals surface area (Å²) in [6.07, 6.45) is 2.28. The molecule has 4 aromatic carbocycles. The molecular formula is C31H32LiNO4S. The maximum absolute atomic E-state index is 13.3. The van der Waals surface area contributed by atoms with Crippen LogP contribution in [0.4, 0.5) is 0 Å². The van der Waals surface area contributed by atoms with Crippen LogP contribution in [-0.2, 0) is 22.7 Å². The van der Waals surface area contributed by atoms with Gasteiger partial charge in [-0.25, -0.2) is 4.79 Å². The van der Waals surface area contributed by atoms with Crippen molar-refractivity contribution in [1.29, 1.82) is 0 Å². The van der Waals surface area contributed by atoms with Crippen LogP contribution in [0.3, 0.4) is 0 Å². The molecule has 5 nitrogen and oxygen atoms in total. The van der Waals surface area contributed by atoms with E-state index in [1.165, 1.54) is 10.8 Å². The number of aryl methyl sites for hydroxylation is 1. The number of carboxylic acid groups (broad SMARTS) is 1. The molecule has 2 N–H and O–H groups in total. The third-order valence-electron chi connectivity index (χ3n) is 6.38. The van der Waals surface area contributed by atoms with Gasteiger partial charge in [-0.2, -0.15) is 11.8 Å². The summed E-state index contributed by atoms with van der Waals surface area (Å²) in [4.78, 5) is 25.0. The number of nitrogens with one attached hydrogen (secondary N) is 1. The van der Waals surface area contributed by atoms with Crippen LogP contribution in [0.5, 0.6) is 0 Å². The van der Waals surface area contributed by atoms with Crippen LogP contribution in [0.2, 0.25) is 0 Å². The van der Waals surface area contributed by atoms with Gasteiger partial charge < -0.3 is 16.6 Å². The molecule has 0 spiro atoms. The fourth-order valence-electron chi connectivity index (χ4n) is 4.40. The molecule has 7 heteroatoms. The van der Waals surface area contributed by atoms with Crippen LogP contribution < -0.4 is 24.2 Å². The van der Waals surface area contributed by atoms with E-state index in [0.29, 0.717) is 31.0 Å². The number of rotatable bonds is 11. The van der Waals surface area contributed by atoms with Gasteiger partial charge in [-0.3, -0.25) is 4.79 Å². The number of carbonyl (C=O) groups is 2. The van der Waals surface area contributed by atoms with Crippen molar-refractivity contribution in [2.75, 3.05) is 12.0 Å². The van der Waals surface area contributed by atoms with Gasteiger partial charge in [0.25, 0.3) is 5.91 Å². The first-order chi connectivity index (χ1) is 18.0.